The van der Waals surface area contributed by atoms with Crippen molar-refractivity contribution < 1.29 is 9.53 Å². The van der Waals surface area contributed by atoms with E-state index in [9.17, 15) is 4.79 Å². The summed E-state index contributed by atoms with van der Waals surface area (Å²) < 4.78 is 7.44. The number of aryl methyl sites for hydroxylation is 2. The fourth-order valence-corrected chi connectivity index (χ4v) is 3.91. The van der Waals surface area contributed by atoms with E-state index in [1.807, 2.05) is 40.8 Å². The van der Waals surface area contributed by atoms with E-state index in [0.717, 1.165) is 34.1 Å². The number of carbonyl (C=O) groups excluding carboxylic acids is 1. The second-order valence-corrected chi connectivity index (χ2v) is 7.34. The van der Waals surface area contributed by atoms with Gasteiger partial charge < -0.3 is 14.2 Å². The molecule has 0 N–H and O–H groups in total. The van der Waals surface area contributed by atoms with Crippen LogP contribution >= 0.6 is 11.6 Å². The van der Waals surface area contributed by atoms with E-state index in [0.29, 0.717) is 31.3 Å². The summed E-state index contributed by atoms with van der Waals surface area (Å²) in [5.41, 5.74) is 5.04. The van der Waals surface area contributed by atoms with Gasteiger partial charge in [-0.25, -0.2) is 0 Å². The Morgan fingerprint density at radius 1 is 1.11 bits per heavy atom. The number of halogens is 1. The van der Waals surface area contributed by atoms with Gasteiger partial charge in [0, 0.05) is 41.6 Å². The molecule has 1 saturated heterocycles. The molecular weight excluding hydrogens is 360 g/mol. The summed E-state index contributed by atoms with van der Waals surface area (Å²) in [5.74, 6) is 0.0556. The Kier molecular flexibility index (Phi) is 4.94. The maximum atomic E-state index is 13.4. The zero-order chi connectivity index (χ0) is 19.0. The number of amides is 1. The topological polar surface area (TPSA) is 34.5 Å². The predicted octanol–water partition coefficient (Wildman–Crippen LogP) is 4.53. The van der Waals surface area contributed by atoms with Crippen LogP contribution in [0.4, 0.5) is 0 Å². The van der Waals surface area contributed by atoms with E-state index in [-0.39, 0.29) is 5.91 Å². The first-order chi connectivity index (χ1) is 13.1. The minimum atomic E-state index is 0.0556. The Hall–Kier alpha value is -2.30. The van der Waals surface area contributed by atoms with Gasteiger partial charge in [-0.15, -0.1) is 0 Å². The monoisotopic (exact) mass is 382 g/mol. The van der Waals surface area contributed by atoms with Gasteiger partial charge in [-0.2, -0.15) is 0 Å². The number of benzene rings is 2. The molecule has 1 aromatic heterocycles. The largest absolute Gasteiger partial charge is 0.378 e. The molecule has 0 bridgehead atoms. The number of morpholine rings is 1. The zero-order valence-electron chi connectivity index (χ0n) is 15.7. The lowest BCUT2D eigenvalue weighted by molar-refractivity contribution is 0.0297. The van der Waals surface area contributed by atoms with Crippen molar-refractivity contribution in [1.29, 1.82) is 0 Å². The smallest absolute Gasteiger partial charge is 0.271 e. The Balaban J connectivity index is 1.95. The van der Waals surface area contributed by atoms with Crippen LogP contribution < -0.4 is 0 Å². The van der Waals surface area contributed by atoms with Gasteiger partial charge in [0.15, 0.2) is 0 Å². The van der Waals surface area contributed by atoms with Crippen LogP contribution in [0.1, 0.15) is 23.0 Å². The van der Waals surface area contributed by atoms with Crippen LogP contribution in [0, 0.1) is 0 Å². The number of ether oxygens (including phenoxy) is 1. The number of hydrogen-bond donors (Lipinski definition) is 0. The van der Waals surface area contributed by atoms with Crippen LogP contribution in [0.3, 0.4) is 0 Å². The number of carbonyl (C=O) groups is 1. The van der Waals surface area contributed by atoms with Crippen molar-refractivity contribution in [3.05, 3.63) is 58.7 Å². The average molecular weight is 383 g/mol. The molecule has 0 radical (unpaired) electrons. The molecule has 2 heterocycles. The van der Waals surface area contributed by atoms with E-state index in [1.165, 1.54) is 5.56 Å². The molecule has 0 atom stereocenters. The van der Waals surface area contributed by atoms with Crippen molar-refractivity contribution in [2.24, 2.45) is 7.05 Å². The normalized spacial score (nSPS) is 14.7. The van der Waals surface area contributed by atoms with Crippen LogP contribution in [0.2, 0.25) is 5.02 Å². The lowest BCUT2D eigenvalue weighted by Gasteiger charge is -2.27. The van der Waals surface area contributed by atoms with Crippen LogP contribution in [0.5, 0.6) is 0 Å². The Bertz CT molecular complexity index is 986. The highest BCUT2D eigenvalue weighted by Crippen LogP contribution is 2.36. The minimum absolute atomic E-state index is 0.0556. The summed E-state index contributed by atoms with van der Waals surface area (Å²) in [4.78, 5) is 15.3. The fourth-order valence-electron chi connectivity index (χ4n) is 3.79. The van der Waals surface area contributed by atoms with E-state index in [2.05, 4.69) is 25.1 Å². The molecule has 5 heteroatoms. The second-order valence-electron chi connectivity index (χ2n) is 6.90. The van der Waals surface area contributed by atoms with Crippen molar-refractivity contribution >= 4 is 28.4 Å². The summed E-state index contributed by atoms with van der Waals surface area (Å²) in [5, 5.41) is 1.80. The molecule has 3 aromatic rings. The van der Waals surface area contributed by atoms with Crippen LogP contribution in [-0.4, -0.2) is 41.7 Å². The van der Waals surface area contributed by atoms with Crippen molar-refractivity contribution in [3.8, 4) is 11.1 Å². The van der Waals surface area contributed by atoms with E-state index >= 15 is 0 Å². The van der Waals surface area contributed by atoms with Crippen molar-refractivity contribution in [2.75, 3.05) is 26.3 Å². The third kappa shape index (κ3) is 3.24. The molecule has 2 aromatic carbocycles. The van der Waals surface area contributed by atoms with Crippen molar-refractivity contribution in [3.63, 3.8) is 0 Å². The van der Waals surface area contributed by atoms with Crippen molar-refractivity contribution in [1.82, 2.24) is 9.47 Å². The maximum absolute atomic E-state index is 13.4. The van der Waals surface area contributed by atoms with Crippen LogP contribution in [0.15, 0.2) is 42.5 Å². The zero-order valence-corrected chi connectivity index (χ0v) is 16.4. The summed E-state index contributed by atoms with van der Waals surface area (Å²) in [6.07, 6.45) is 0.956. The van der Waals surface area contributed by atoms with Gasteiger partial charge in [-0.3, -0.25) is 4.79 Å². The first-order valence-corrected chi connectivity index (χ1v) is 9.72. The number of hydrogen-bond acceptors (Lipinski definition) is 2. The number of nitrogens with zero attached hydrogens (tertiary/aromatic N) is 2. The first-order valence-electron chi connectivity index (χ1n) is 9.34. The van der Waals surface area contributed by atoms with Gasteiger partial charge in [-0.05, 0) is 41.8 Å². The molecule has 1 aliphatic heterocycles. The van der Waals surface area contributed by atoms with Gasteiger partial charge in [0.05, 0.1) is 13.2 Å². The summed E-state index contributed by atoms with van der Waals surface area (Å²) in [7, 11) is 1.97. The molecule has 1 fully saturated rings. The second kappa shape index (κ2) is 7.37. The summed E-state index contributed by atoms with van der Waals surface area (Å²) >= 11 is 6.10. The number of rotatable bonds is 3. The lowest BCUT2D eigenvalue weighted by Crippen LogP contribution is -2.41. The molecular formula is C22H23ClN2O2. The molecule has 27 heavy (non-hydrogen) atoms. The summed E-state index contributed by atoms with van der Waals surface area (Å²) in [6, 6.07) is 14.2. The standard InChI is InChI=1S/C22H23ClN2O2/c1-3-15-4-9-19-18(14-15)20(16-5-7-17(23)8-6-16)21(24(19)2)22(26)25-10-12-27-13-11-25/h4-9,14H,3,10-13H2,1-2H3. The Labute approximate surface area is 164 Å². The molecule has 1 amide bonds. The predicted molar refractivity (Wildman–Crippen MR) is 109 cm³/mol. The van der Waals surface area contributed by atoms with E-state index in [1.54, 1.807) is 0 Å². The molecule has 0 aliphatic carbocycles. The molecule has 4 nitrogen and oxygen atoms in total. The van der Waals surface area contributed by atoms with Crippen molar-refractivity contribution in [2.45, 2.75) is 13.3 Å². The summed E-state index contributed by atoms with van der Waals surface area (Å²) in [6.45, 7) is 4.57. The lowest BCUT2D eigenvalue weighted by atomic mass is 9.99. The maximum Gasteiger partial charge on any atom is 0.271 e. The molecule has 0 spiro atoms. The quantitative estimate of drug-likeness (QED) is 0.666. The molecule has 0 unspecified atom stereocenters. The third-order valence-electron chi connectivity index (χ3n) is 5.31. The fraction of sp³-hybridized carbons (Fsp3) is 0.318. The first kappa shape index (κ1) is 18.1. The Morgan fingerprint density at radius 2 is 1.81 bits per heavy atom. The highest BCUT2D eigenvalue weighted by atomic mass is 35.5. The Morgan fingerprint density at radius 3 is 2.48 bits per heavy atom. The van der Waals surface area contributed by atoms with Gasteiger partial charge in [0.2, 0.25) is 0 Å². The highest BCUT2D eigenvalue weighted by Gasteiger charge is 2.27. The van der Waals surface area contributed by atoms with E-state index in [4.69, 9.17) is 16.3 Å². The van der Waals surface area contributed by atoms with Gasteiger partial charge in [0.25, 0.3) is 5.91 Å². The van der Waals surface area contributed by atoms with Crippen LogP contribution in [-0.2, 0) is 18.2 Å². The minimum Gasteiger partial charge on any atom is -0.378 e. The number of fused-ring (bicyclic) bond motifs is 1. The molecule has 1 aliphatic rings. The highest BCUT2D eigenvalue weighted by molar-refractivity contribution is 6.30. The average Bonchev–Trinajstić information content (AvgIpc) is 3.00. The van der Waals surface area contributed by atoms with Gasteiger partial charge in [-0.1, -0.05) is 36.7 Å². The van der Waals surface area contributed by atoms with Gasteiger partial charge in [0.1, 0.15) is 5.69 Å². The van der Waals surface area contributed by atoms with Crippen LogP contribution in [0.25, 0.3) is 22.0 Å². The SMILES string of the molecule is CCc1ccc2c(c1)c(-c1ccc(Cl)cc1)c(C(=O)N1CCOCC1)n2C. The molecule has 140 valence electrons. The van der Waals surface area contributed by atoms with Gasteiger partial charge >= 0.3 is 0 Å². The number of aromatic nitrogens is 1. The third-order valence-corrected chi connectivity index (χ3v) is 5.56. The van der Waals surface area contributed by atoms with E-state index < -0.39 is 0 Å². The molecule has 4 rings (SSSR count). The molecule has 0 saturated carbocycles.